The summed E-state index contributed by atoms with van der Waals surface area (Å²) >= 11 is 0. The van der Waals surface area contributed by atoms with Crippen LogP contribution in [0.4, 0.5) is 0 Å². The highest BCUT2D eigenvalue weighted by atomic mass is 127. The summed E-state index contributed by atoms with van der Waals surface area (Å²) in [7, 11) is 3.46. The minimum absolute atomic E-state index is 0. The Hall–Kier alpha value is -1.75. The number of hydrogen-bond donors (Lipinski definition) is 1. The first kappa shape index (κ1) is 25.5. The van der Waals surface area contributed by atoms with E-state index in [2.05, 4.69) is 20.1 Å². The van der Waals surface area contributed by atoms with E-state index >= 15 is 0 Å². The van der Waals surface area contributed by atoms with Crippen molar-refractivity contribution in [1.82, 2.24) is 20.0 Å². The zero-order valence-electron chi connectivity index (χ0n) is 18.9. The van der Waals surface area contributed by atoms with Gasteiger partial charge in [-0.05, 0) is 44.0 Å². The van der Waals surface area contributed by atoms with Gasteiger partial charge in [-0.15, -0.1) is 24.0 Å². The third-order valence-corrected chi connectivity index (χ3v) is 5.65. The Balaban J connectivity index is 0.00000341. The lowest BCUT2D eigenvalue weighted by molar-refractivity contribution is -0.131. The normalized spacial score (nSPS) is 18.4. The van der Waals surface area contributed by atoms with E-state index in [1.165, 1.54) is 0 Å². The van der Waals surface area contributed by atoms with Crippen molar-refractivity contribution in [3.8, 4) is 11.5 Å². The number of aliphatic imine (C=N–C) groups is 1. The van der Waals surface area contributed by atoms with E-state index in [1.807, 2.05) is 36.1 Å². The first-order valence-corrected chi connectivity index (χ1v) is 10.9. The number of carbonyl (C=O) groups is 1. The molecule has 31 heavy (non-hydrogen) atoms. The number of likely N-dealkylation sites (tertiary alicyclic amines) is 1. The van der Waals surface area contributed by atoms with Gasteiger partial charge in [-0.3, -0.25) is 14.7 Å². The molecule has 1 aromatic rings. The van der Waals surface area contributed by atoms with Crippen LogP contribution >= 0.6 is 24.0 Å². The van der Waals surface area contributed by atoms with Crippen molar-refractivity contribution in [2.24, 2.45) is 4.99 Å². The first-order valence-electron chi connectivity index (χ1n) is 10.9. The van der Waals surface area contributed by atoms with Gasteiger partial charge in [0.1, 0.15) is 17.6 Å². The van der Waals surface area contributed by atoms with Crippen LogP contribution in [0.1, 0.15) is 19.8 Å². The number of rotatable bonds is 7. The van der Waals surface area contributed by atoms with Gasteiger partial charge >= 0.3 is 0 Å². The third kappa shape index (κ3) is 7.71. The van der Waals surface area contributed by atoms with Crippen LogP contribution < -0.4 is 14.8 Å². The molecule has 174 valence electrons. The molecule has 1 unspecified atom stereocenters. The second-order valence-electron chi connectivity index (χ2n) is 7.88. The topological polar surface area (TPSA) is 69.6 Å². The zero-order valence-corrected chi connectivity index (χ0v) is 21.2. The molecule has 2 aliphatic heterocycles. The van der Waals surface area contributed by atoms with Gasteiger partial charge in [0.05, 0.1) is 20.2 Å². The molecule has 9 heteroatoms. The van der Waals surface area contributed by atoms with E-state index < -0.39 is 0 Å². The fourth-order valence-electron chi connectivity index (χ4n) is 3.87. The predicted molar refractivity (Wildman–Crippen MR) is 134 cm³/mol. The number of nitrogens with one attached hydrogen (secondary N) is 1. The van der Waals surface area contributed by atoms with Gasteiger partial charge in [-0.1, -0.05) is 0 Å². The van der Waals surface area contributed by atoms with E-state index in [0.29, 0.717) is 13.1 Å². The van der Waals surface area contributed by atoms with E-state index in [9.17, 15) is 4.79 Å². The van der Waals surface area contributed by atoms with Crippen molar-refractivity contribution in [3.05, 3.63) is 24.3 Å². The molecule has 0 aliphatic carbocycles. The molecular weight excluding hydrogens is 509 g/mol. The molecule has 8 nitrogen and oxygen atoms in total. The smallest absolute Gasteiger partial charge is 0.236 e. The van der Waals surface area contributed by atoms with Crippen molar-refractivity contribution >= 4 is 35.8 Å². The van der Waals surface area contributed by atoms with E-state index in [1.54, 1.807) is 14.2 Å². The molecule has 1 amide bonds. The largest absolute Gasteiger partial charge is 0.497 e. The van der Waals surface area contributed by atoms with Crippen molar-refractivity contribution in [2.45, 2.75) is 25.9 Å². The molecule has 1 N–H and O–H groups in total. The standard InChI is InChI=1S/C22H35N5O3.HI/c1-18(30-20-8-6-19(29-3)7-9-20)16-24-22(23-2)27-14-12-25(13-15-27)17-21(28)26-10-4-5-11-26;/h6-9,18H,4-5,10-17H2,1-3H3,(H,23,24);1H. The molecular formula is C22H36IN5O3. The first-order chi connectivity index (χ1) is 14.6. The Morgan fingerprint density at radius 2 is 1.65 bits per heavy atom. The zero-order chi connectivity index (χ0) is 21.3. The fourth-order valence-corrected chi connectivity index (χ4v) is 3.87. The lowest BCUT2D eigenvalue weighted by Gasteiger charge is -2.36. The van der Waals surface area contributed by atoms with Gasteiger partial charge in [0.2, 0.25) is 5.91 Å². The average molecular weight is 545 g/mol. The van der Waals surface area contributed by atoms with Crippen LogP contribution in [0.2, 0.25) is 0 Å². The number of piperazine rings is 1. The van der Waals surface area contributed by atoms with Crippen LogP contribution in [0.3, 0.4) is 0 Å². The van der Waals surface area contributed by atoms with Crippen molar-refractivity contribution in [1.29, 1.82) is 0 Å². The quantitative estimate of drug-likeness (QED) is 0.321. The van der Waals surface area contributed by atoms with Crippen molar-refractivity contribution in [2.75, 3.05) is 66.5 Å². The molecule has 1 aromatic carbocycles. The van der Waals surface area contributed by atoms with Crippen LogP contribution in [0.5, 0.6) is 11.5 Å². The Kier molecular flexibility index (Phi) is 10.7. The van der Waals surface area contributed by atoms with E-state index in [4.69, 9.17) is 9.47 Å². The summed E-state index contributed by atoms with van der Waals surface area (Å²) in [5, 5.41) is 3.41. The van der Waals surface area contributed by atoms with Crippen LogP contribution in [-0.2, 0) is 4.79 Å². The average Bonchev–Trinajstić information content (AvgIpc) is 3.31. The molecule has 0 radical (unpaired) electrons. The number of guanidine groups is 1. The number of halogens is 1. The summed E-state index contributed by atoms with van der Waals surface area (Å²) in [4.78, 5) is 23.3. The molecule has 1 atom stereocenters. The number of amides is 1. The van der Waals surface area contributed by atoms with E-state index in [-0.39, 0.29) is 36.0 Å². The highest BCUT2D eigenvalue weighted by molar-refractivity contribution is 14.0. The van der Waals surface area contributed by atoms with Crippen molar-refractivity contribution in [3.63, 3.8) is 0 Å². The van der Waals surface area contributed by atoms with Gasteiger partial charge in [0, 0.05) is 46.3 Å². The number of ether oxygens (including phenoxy) is 2. The summed E-state index contributed by atoms with van der Waals surface area (Å²) in [6, 6.07) is 7.60. The summed E-state index contributed by atoms with van der Waals surface area (Å²) in [6.45, 7) is 8.54. The maximum atomic E-state index is 12.4. The van der Waals surface area contributed by atoms with Gasteiger partial charge in [0.15, 0.2) is 5.96 Å². The third-order valence-electron chi connectivity index (χ3n) is 5.65. The van der Waals surface area contributed by atoms with Gasteiger partial charge < -0.3 is 24.6 Å². The van der Waals surface area contributed by atoms with E-state index in [0.717, 1.165) is 69.6 Å². The summed E-state index contributed by atoms with van der Waals surface area (Å²) in [5.41, 5.74) is 0. The molecule has 0 spiro atoms. The number of carbonyl (C=O) groups excluding carboxylic acids is 1. The summed E-state index contributed by atoms with van der Waals surface area (Å²) in [5.74, 6) is 2.78. The maximum absolute atomic E-state index is 12.4. The minimum Gasteiger partial charge on any atom is -0.497 e. The second kappa shape index (κ2) is 12.9. The highest BCUT2D eigenvalue weighted by Gasteiger charge is 2.24. The minimum atomic E-state index is -0.00508. The van der Waals surface area contributed by atoms with Crippen LogP contribution in [-0.4, -0.2) is 99.2 Å². The molecule has 2 fully saturated rings. The summed E-state index contributed by atoms with van der Waals surface area (Å²) in [6.07, 6.45) is 2.28. The van der Waals surface area contributed by atoms with Crippen LogP contribution in [0, 0.1) is 0 Å². The van der Waals surface area contributed by atoms with Gasteiger partial charge in [-0.25, -0.2) is 0 Å². The van der Waals surface area contributed by atoms with Gasteiger partial charge in [0.25, 0.3) is 0 Å². The summed E-state index contributed by atoms with van der Waals surface area (Å²) < 4.78 is 11.1. The fraction of sp³-hybridized carbons (Fsp3) is 0.636. The number of nitrogens with zero attached hydrogens (tertiary/aromatic N) is 4. The molecule has 3 rings (SSSR count). The van der Waals surface area contributed by atoms with Crippen LogP contribution in [0.25, 0.3) is 0 Å². The maximum Gasteiger partial charge on any atom is 0.236 e. The molecule has 2 heterocycles. The molecule has 0 bridgehead atoms. The Morgan fingerprint density at radius 3 is 2.23 bits per heavy atom. The number of methoxy groups -OCH3 is 1. The monoisotopic (exact) mass is 545 g/mol. The van der Waals surface area contributed by atoms with Crippen LogP contribution in [0.15, 0.2) is 29.3 Å². The molecule has 0 saturated carbocycles. The molecule has 2 saturated heterocycles. The second-order valence-corrected chi connectivity index (χ2v) is 7.88. The molecule has 0 aromatic heterocycles. The highest BCUT2D eigenvalue weighted by Crippen LogP contribution is 2.18. The Bertz CT molecular complexity index is 702. The number of hydrogen-bond acceptors (Lipinski definition) is 5. The predicted octanol–water partition coefficient (Wildman–Crippen LogP) is 1.90. The Labute approximate surface area is 203 Å². The lowest BCUT2D eigenvalue weighted by Crippen LogP contribution is -2.54. The van der Waals surface area contributed by atoms with Crippen molar-refractivity contribution < 1.29 is 14.3 Å². The molecule has 2 aliphatic rings. The van der Waals surface area contributed by atoms with Gasteiger partial charge in [-0.2, -0.15) is 0 Å². The number of benzene rings is 1. The Morgan fingerprint density at radius 1 is 1.03 bits per heavy atom. The lowest BCUT2D eigenvalue weighted by atomic mass is 10.3. The SMILES string of the molecule is CN=C(NCC(C)Oc1ccc(OC)cc1)N1CCN(CC(=O)N2CCCC2)CC1.I.